The van der Waals surface area contributed by atoms with Gasteiger partial charge in [0.25, 0.3) is 6.04 Å². The summed E-state index contributed by atoms with van der Waals surface area (Å²) in [5.74, 6) is 0. The zero-order chi connectivity index (χ0) is 12.5. The Bertz CT molecular complexity index is 496. The number of benzene rings is 1. The zero-order valence-corrected chi connectivity index (χ0v) is 9.67. The summed E-state index contributed by atoms with van der Waals surface area (Å²) in [6, 6.07) is 5.81. The van der Waals surface area contributed by atoms with Crippen molar-refractivity contribution in [3.05, 3.63) is 69.3 Å². The van der Waals surface area contributed by atoms with Crippen molar-refractivity contribution in [3.63, 3.8) is 0 Å². The van der Waals surface area contributed by atoms with Gasteiger partial charge in [0.1, 0.15) is 5.54 Å². The number of halogens is 1. The predicted octanol–water partition coefficient (Wildman–Crippen LogP) is 2.27. The molecular formula is C12H11ClN2O2. The van der Waals surface area contributed by atoms with Gasteiger partial charge in [0, 0.05) is 9.95 Å². The summed E-state index contributed by atoms with van der Waals surface area (Å²) >= 11 is 5.79. The van der Waals surface area contributed by atoms with Crippen molar-refractivity contribution in [1.29, 1.82) is 0 Å². The molecule has 0 fully saturated rings. The molecule has 0 heterocycles. The highest BCUT2D eigenvalue weighted by Gasteiger charge is 2.42. The minimum atomic E-state index is -1.12. The van der Waals surface area contributed by atoms with E-state index in [1.54, 1.807) is 42.5 Å². The van der Waals surface area contributed by atoms with Crippen molar-refractivity contribution in [2.45, 2.75) is 11.6 Å². The first kappa shape index (κ1) is 11.8. The summed E-state index contributed by atoms with van der Waals surface area (Å²) in [6.07, 6.45) is 6.49. The van der Waals surface area contributed by atoms with Gasteiger partial charge in [-0.15, -0.1) is 0 Å². The van der Waals surface area contributed by atoms with Crippen molar-refractivity contribution < 1.29 is 4.92 Å². The molecule has 2 atom stereocenters. The number of hydrogen-bond acceptors (Lipinski definition) is 3. The first-order valence-corrected chi connectivity index (χ1v) is 5.46. The van der Waals surface area contributed by atoms with Gasteiger partial charge in [-0.3, -0.25) is 10.1 Å². The molecule has 0 amide bonds. The fraction of sp³-hybridized carbons (Fsp3) is 0.167. The maximum Gasteiger partial charge on any atom is 0.256 e. The number of nitro groups is 1. The Hall–Kier alpha value is -1.65. The van der Waals surface area contributed by atoms with Crippen molar-refractivity contribution in [2.75, 3.05) is 0 Å². The third-order valence-corrected chi connectivity index (χ3v) is 3.09. The molecule has 17 heavy (non-hydrogen) atoms. The third-order valence-electron chi connectivity index (χ3n) is 2.84. The van der Waals surface area contributed by atoms with Gasteiger partial charge in [0.15, 0.2) is 0 Å². The Balaban J connectivity index is 2.46. The molecule has 1 aromatic rings. The number of allylic oxidation sites excluding steroid dienone is 2. The SMILES string of the molecule is NC1(c2ccc(Cl)cc2)C=CC=CC1[N+](=O)[O-]. The Morgan fingerprint density at radius 1 is 1.29 bits per heavy atom. The van der Waals surface area contributed by atoms with E-state index in [0.717, 1.165) is 0 Å². The second kappa shape index (κ2) is 4.31. The maximum atomic E-state index is 11.0. The van der Waals surface area contributed by atoms with Crippen LogP contribution in [0, 0.1) is 10.1 Å². The normalized spacial score (nSPS) is 27.1. The van der Waals surface area contributed by atoms with Crippen LogP contribution in [0.5, 0.6) is 0 Å². The lowest BCUT2D eigenvalue weighted by molar-refractivity contribution is -0.519. The number of nitrogens with zero attached hydrogens (tertiary/aromatic N) is 1. The summed E-state index contributed by atoms with van der Waals surface area (Å²) in [7, 11) is 0. The lowest BCUT2D eigenvalue weighted by Gasteiger charge is -2.29. The molecule has 0 saturated heterocycles. The highest BCUT2D eigenvalue weighted by Crippen LogP contribution is 2.30. The molecule has 0 bridgehead atoms. The van der Waals surface area contributed by atoms with Gasteiger partial charge in [0.05, 0.1) is 0 Å². The van der Waals surface area contributed by atoms with Gasteiger partial charge in [0.2, 0.25) is 0 Å². The van der Waals surface area contributed by atoms with Gasteiger partial charge in [-0.1, -0.05) is 42.0 Å². The van der Waals surface area contributed by atoms with E-state index in [1.165, 1.54) is 6.08 Å². The fourth-order valence-electron chi connectivity index (χ4n) is 1.89. The average Bonchev–Trinajstić information content (AvgIpc) is 2.29. The lowest BCUT2D eigenvalue weighted by atomic mass is 9.81. The van der Waals surface area contributed by atoms with E-state index in [0.29, 0.717) is 10.6 Å². The van der Waals surface area contributed by atoms with Crippen molar-refractivity contribution in [3.8, 4) is 0 Å². The lowest BCUT2D eigenvalue weighted by Crippen LogP contribution is -2.50. The molecule has 2 unspecified atom stereocenters. The van der Waals surface area contributed by atoms with E-state index < -0.39 is 11.6 Å². The van der Waals surface area contributed by atoms with Gasteiger partial charge in [-0.2, -0.15) is 0 Å². The van der Waals surface area contributed by atoms with Crippen molar-refractivity contribution in [2.24, 2.45) is 5.73 Å². The Morgan fingerprint density at radius 3 is 2.53 bits per heavy atom. The molecule has 0 saturated carbocycles. The quantitative estimate of drug-likeness (QED) is 0.647. The topological polar surface area (TPSA) is 69.2 Å². The van der Waals surface area contributed by atoms with Crippen LogP contribution in [0.3, 0.4) is 0 Å². The number of nitrogens with two attached hydrogens (primary N) is 1. The zero-order valence-electron chi connectivity index (χ0n) is 8.92. The van der Waals surface area contributed by atoms with Crippen LogP contribution in [0.2, 0.25) is 5.02 Å². The second-order valence-electron chi connectivity index (χ2n) is 3.91. The molecule has 0 aliphatic heterocycles. The molecule has 1 aliphatic carbocycles. The summed E-state index contributed by atoms with van der Waals surface area (Å²) in [6.45, 7) is 0. The maximum absolute atomic E-state index is 11.0. The molecule has 88 valence electrons. The second-order valence-corrected chi connectivity index (χ2v) is 4.35. The molecule has 1 aromatic carbocycles. The Morgan fingerprint density at radius 2 is 1.94 bits per heavy atom. The van der Waals surface area contributed by atoms with Crippen LogP contribution in [-0.2, 0) is 5.54 Å². The fourth-order valence-corrected chi connectivity index (χ4v) is 2.02. The molecule has 0 spiro atoms. The molecule has 1 aliphatic rings. The van der Waals surface area contributed by atoms with Gasteiger partial charge in [-0.25, -0.2) is 0 Å². The summed E-state index contributed by atoms with van der Waals surface area (Å²) < 4.78 is 0. The highest BCUT2D eigenvalue weighted by atomic mass is 35.5. The van der Waals surface area contributed by atoms with Crippen molar-refractivity contribution >= 4 is 11.6 Å². The number of rotatable bonds is 2. The highest BCUT2D eigenvalue weighted by molar-refractivity contribution is 6.30. The van der Waals surface area contributed by atoms with E-state index >= 15 is 0 Å². The summed E-state index contributed by atoms with van der Waals surface area (Å²) in [5, 5.41) is 11.6. The Kier molecular flexibility index (Phi) is 3.00. The molecule has 2 rings (SSSR count). The van der Waals surface area contributed by atoms with Gasteiger partial charge < -0.3 is 5.73 Å². The molecule has 2 N–H and O–H groups in total. The van der Waals surface area contributed by atoms with E-state index in [4.69, 9.17) is 17.3 Å². The van der Waals surface area contributed by atoms with Crippen molar-refractivity contribution in [1.82, 2.24) is 0 Å². The molecule has 0 aromatic heterocycles. The molecule has 5 heteroatoms. The minimum Gasteiger partial charge on any atom is -0.312 e. The van der Waals surface area contributed by atoms with Crippen LogP contribution in [0.25, 0.3) is 0 Å². The summed E-state index contributed by atoms with van der Waals surface area (Å²) in [5.41, 5.74) is 5.70. The van der Waals surface area contributed by atoms with E-state index in [9.17, 15) is 10.1 Å². The first-order chi connectivity index (χ1) is 8.04. The molecule has 0 radical (unpaired) electrons. The standard InChI is InChI=1S/C12H11ClN2O2/c13-10-6-4-9(5-7-10)12(14)8-2-1-3-11(12)15(16)17/h1-8,11H,14H2. The average molecular weight is 251 g/mol. The first-order valence-electron chi connectivity index (χ1n) is 5.08. The van der Waals surface area contributed by atoms with E-state index in [1.807, 2.05) is 0 Å². The van der Waals surface area contributed by atoms with Gasteiger partial charge >= 0.3 is 0 Å². The van der Waals surface area contributed by atoms with Crippen LogP contribution in [-0.4, -0.2) is 11.0 Å². The predicted molar refractivity (Wildman–Crippen MR) is 66.4 cm³/mol. The monoisotopic (exact) mass is 250 g/mol. The van der Waals surface area contributed by atoms with Crippen LogP contribution in [0.1, 0.15) is 5.56 Å². The third kappa shape index (κ3) is 2.09. The van der Waals surface area contributed by atoms with E-state index in [2.05, 4.69) is 0 Å². The van der Waals surface area contributed by atoms with Gasteiger partial charge in [-0.05, 0) is 23.8 Å². The summed E-state index contributed by atoms with van der Waals surface area (Å²) in [4.78, 5) is 10.6. The number of hydrogen-bond donors (Lipinski definition) is 1. The Labute approximate surface area is 104 Å². The van der Waals surface area contributed by atoms with Crippen LogP contribution < -0.4 is 5.73 Å². The van der Waals surface area contributed by atoms with Crippen LogP contribution >= 0.6 is 11.6 Å². The molecule has 4 nitrogen and oxygen atoms in total. The largest absolute Gasteiger partial charge is 0.312 e. The van der Waals surface area contributed by atoms with E-state index in [-0.39, 0.29) is 4.92 Å². The molecular weight excluding hydrogens is 240 g/mol. The van der Waals surface area contributed by atoms with Crippen LogP contribution in [0.15, 0.2) is 48.6 Å². The minimum absolute atomic E-state index is 0.380. The smallest absolute Gasteiger partial charge is 0.256 e. The van der Waals surface area contributed by atoms with Crippen LogP contribution in [0.4, 0.5) is 0 Å².